The van der Waals surface area contributed by atoms with Crippen molar-refractivity contribution in [1.82, 2.24) is 4.90 Å². The van der Waals surface area contributed by atoms with Gasteiger partial charge in [0.05, 0.1) is 32.1 Å². The third-order valence-electron chi connectivity index (χ3n) is 4.34. The molecule has 0 spiro atoms. The number of phenolic OH excluding ortho intramolecular Hbond substituents is 1. The minimum Gasteiger partial charge on any atom is -0.508 e. The Kier molecular flexibility index (Phi) is 7.19. The van der Waals surface area contributed by atoms with Crippen molar-refractivity contribution >= 4 is 0 Å². The first-order valence-corrected chi connectivity index (χ1v) is 9.12. The average molecular weight is 385 g/mol. The number of furan rings is 1. The summed E-state index contributed by atoms with van der Waals surface area (Å²) < 4.78 is 24.5. The number of hydrogen-bond acceptors (Lipinski definition) is 5. The Morgan fingerprint density at radius 3 is 2.43 bits per heavy atom. The molecule has 1 aromatic heterocycles. The second-order valence-corrected chi connectivity index (χ2v) is 6.64. The predicted octanol–water partition coefficient (Wildman–Crippen LogP) is 3.70. The predicted molar refractivity (Wildman–Crippen MR) is 103 cm³/mol. The quantitative estimate of drug-likeness (QED) is 0.557. The van der Waals surface area contributed by atoms with Crippen molar-refractivity contribution in [2.24, 2.45) is 0 Å². The van der Waals surface area contributed by atoms with Crippen LogP contribution in [0.2, 0.25) is 0 Å². The van der Waals surface area contributed by atoms with Crippen molar-refractivity contribution in [2.45, 2.75) is 25.8 Å². The van der Waals surface area contributed by atoms with Crippen LogP contribution in [0.4, 0.5) is 4.39 Å². The number of para-hydroxylation sites is 1. The van der Waals surface area contributed by atoms with Crippen LogP contribution in [0.15, 0.2) is 71.3 Å². The maximum atomic E-state index is 13.6. The van der Waals surface area contributed by atoms with Crippen molar-refractivity contribution in [3.05, 3.63) is 89.6 Å². The number of aliphatic hydroxyl groups is 1. The monoisotopic (exact) mass is 385 g/mol. The van der Waals surface area contributed by atoms with Crippen LogP contribution in [-0.4, -0.2) is 34.4 Å². The zero-order chi connectivity index (χ0) is 19.8. The van der Waals surface area contributed by atoms with Crippen molar-refractivity contribution in [1.29, 1.82) is 0 Å². The summed E-state index contributed by atoms with van der Waals surface area (Å²) in [6.07, 6.45) is 0.828. The van der Waals surface area contributed by atoms with E-state index in [2.05, 4.69) is 0 Å². The maximum Gasteiger partial charge on any atom is 0.128 e. The maximum absolute atomic E-state index is 13.6. The number of aliphatic hydroxyl groups excluding tert-OH is 1. The molecule has 1 atom stereocenters. The van der Waals surface area contributed by atoms with Gasteiger partial charge in [-0.1, -0.05) is 36.4 Å². The Bertz CT molecular complexity index is 853. The second kappa shape index (κ2) is 10.0. The molecule has 5 nitrogen and oxygen atoms in total. The van der Waals surface area contributed by atoms with Gasteiger partial charge in [-0.05, 0) is 24.3 Å². The summed E-state index contributed by atoms with van der Waals surface area (Å²) in [4.78, 5) is 1.96. The third kappa shape index (κ3) is 5.92. The first-order valence-electron chi connectivity index (χ1n) is 9.12. The highest BCUT2D eigenvalue weighted by Gasteiger charge is 2.16. The first-order chi connectivity index (χ1) is 13.6. The highest BCUT2D eigenvalue weighted by Crippen LogP contribution is 2.19. The van der Waals surface area contributed by atoms with Gasteiger partial charge in [0.15, 0.2) is 0 Å². The average Bonchev–Trinajstić information content (AvgIpc) is 3.18. The lowest BCUT2D eigenvalue weighted by atomic mass is 10.1. The number of benzene rings is 2. The molecule has 3 rings (SSSR count). The standard InChI is InChI=1S/C22H24FNO4/c23-21-9-3-1-7-18(21)15-27-16-19(25)13-24(14-20-8-5-11-28-20)12-17-6-2-4-10-22(17)26/h1-11,19,25-26H,12-16H2. The van der Waals surface area contributed by atoms with Gasteiger partial charge in [-0.25, -0.2) is 4.39 Å². The van der Waals surface area contributed by atoms with E-state index < -0.39 is 6.10 Å². The molecule has 6 heteroatoms. The van der Waals surface area contributed by atoms with Crippen LogP contribution in [0.5, 0.6) is 5.75 Å². The lowest BCUT2D eigenvalue weighted by Gasteiger charge is -2.24. The summed E-state index contributed by atoms with van der Waals surface area (Å²) in [5.74, 6) is 0.642. The minimum absolute atomic E-state index is 0.0732. The van der Waals surface area contributed by atoms with Gasteiger partial charge < -0.3 is 19.4 Å². The van der Waals surface area contributed by atoms with Crippen molar-refractivity contribution < 1.29 is 23.8 Å². The van der Waals surface area contributed by atoms with E-state index in [1.54, 1.807) is 42.7 Å². The molecule has 0 radical (unpaired) electrons. The smallest absolute Gasteiger partial charge is 0.128 e. The fourth-order valence-electron chi connectivity index (χ4n) is 2.96. The molecule has 1 unspecified atom stereocenters. The lowest BCUT2D eigenvalue weighted by Crippen LogP contribution is -2.34. The van der Waals surface area contributed by atoms with E-state index in [0.29, 0.717) is 25.2 Å². The zero-order valence-electron chi connectivity index (χ0n) is 15.5. The summed E-state index contributed by atoms with van der Waals surface area (Å²) in [6, 6.07) is 17.2. The molecular weight excluding hydrogens is 361 g/mol. The molecule has 0 saturated carbocycles. The van der Waals surface area contributed by atoms with Crippen molar-refractivity contribution in [3.8, 4) is 5.75 Å². The molecule has 3 aromatic rings. The highest BCUT2D eigenvalue weighted by atomic mass is 19.1. The van der Waals surface area contributed by atoms with Gasteiger partial charge in [-0.15, -0.1) is 0 Å². The van der Waals surface area contributed by atoms with E-state index in [1.165, 1.54) is 6.07 Å². The van der Waals surface area contributed by atoms with Gasteiger partial charge in [0.25, 0.3) is 0 Å². The van der Waals surface area contributed by atoms with Crippen LogP contribution in [0.1, 0.15) is 16.9 Å². The second-order valence-electron chi connectivity index (χ2n) is 6.64. The molecular formula is C22H24FNO4. The molecule has 0 aliphatic heterocycles. The van der Waals surface area contributed by atoms with Crippen LogP contribution in [0, 0.1) is 5.82 Å². The minimum atomic E-state index is -0.771. The van der Waals surface area contributed by atoms with Crippen molar-refractivity contribution in [2.75, 3.05) is 13.2 Å². The van der Waals surface area contributed by atoms with Gasteiger partial charge in [0.2, 0.25) is 0 Å². The van der Waals surface area contributed by atoms with E-state index in [9.17, 15) is 14.6 Å². The fourth-order valence-corrected chi connectivity index (χ4v) is 2.96. The van der Waals surface area contributed by atoms with Gasteiger partial charge >= 0.3 is 0 Å². The molecule has 0 aliphatic carbocycles. The number of halogens is 1. The van der Waals surface area contributed by atoms with E-state index in [4.69, 9.17) is 9.15 Å². The largest absolute Gasteiger partial charge is 0.508 e. The fraction of sp³-hybridized carbons (Fsp3) is 0.273. The lowest BCUT2D eigenvalue weighted by molar-refractivity contribution is 0.00531. The number of aromatic hydroxyl groups is 1. The number of phenols is 1. The van der Waals surface area contributed by atoms with E-state index in [1.807, 2.05) is 23.1 Å². The Morgan fingerprint density at radius 1 is 0.964 bits per heavy atom. The Hall–Kier alpha value is -2.67. The van der Waals surface area contributed by atoms with E-state index in [0.717, 1.165) is 11.3 Å². The van der Waals surface area contributed by atoms with Crippen LogP contribution in [0.3, 0.4) is 0 Å². The van der Waals surface area contributed by atoms with Crippen molar-refractivity contribution in [3.63, 3.8) is 0 Å². The topological polar surface area (TPSA) is 66.1 Å². The molecule has 2 aromatic carbocycles. The third-order valence-corrected chi connectivity index (χ3v) is 4.34. The SMILES string of the molecule is Oc1ccccc1CN(Cc1ccco1)CC(O)COCc1ccccc1F. The molecule has 1 heterocycles. The number of nitrogens with zero attached hydrogens (tertiary/aromatic N) is 1. The van der Waals surface area contributed by atoms with Gasteiger partial charge in [0, 0.05) is 24.2 Å². The molecule has 0 fully saturated rings. The summed E-state index contributed by atoms with van der Waals surface area (Å²) >= 11 is 0. The Morgan fingerprint density at radius 2 is 1.71 bits per heavy atom. The first kappa shape index (κ1) is 20.1. The van der Waals surface area contributed by atoms with Gasteiger partial charge in [-0.2, -0.15) is 0 Å². The summed E-state index contributed by atoms with van der Waals surface area (Å²) in [5.41, 5.74) is 1.21. The van der Waals surface area contributed by atoms with E-state index >= 15 is 0 Å². The molecule has 0 aliphatic rings. The Labute approximate surface area is 163 Å². The Balaban J connectivity index is 1.56. The van der Waals surface area contributed by atoms with Crippen LogP contribution >= 0.6 is 0 Å². The molecule has 2 N–H and O–H groups in total. The number of rotatable bonds is 10. The van der Waals surface area contributed by atoms with Gasteiger partial charge in [-0.3, -0.25) is 4.90 Å². The number of hydrogen-bond donors (Lipinski definition) is 2. The summed E-state index contributed by atoms with van der Waals surface area (Å²) in [7, 11) is 0. The van der Waals surface area contributed by atoms with Gasteiger partial charge in [0.1, 0.15) is 17.3 Å². The summed E-state index contributed by atoms with van der Waals surface area (Å²) in [6.45, 7) is 1.40. The number of ether oxygens (including phenoxy) is 1. The van der Waals surface area contributed by atoms with E-state index in [-0.39, 0.29) is 24.8 Å². The van der Waals surface area contributed by atoms with Crippen LogP contribution < -0.4 is 0 Å². The molecule has 28 heavy (non-hydrogen) atoms. The molecule has 148 valence electrons. The molecule has 0 bridgehead atoms. The zero-order valence-corrected chi connectivity index (χ0v) is 15.5. The normalized spacial score (nSPS) is 12.4. The summed E-state index contributed by atoms with van der Waals surface area (Å²) in [5, 5.41) is 20.4. The molecule has 0 saturated heterocycles. The van der Waals surface area contributed by atoms with Crippen LogP contribution in [0.25, 0.3) is 0 Å². The van der Waals surface area contributed by atoms with Crippen LogP contribution in [-0.2, 0) is 24.4 Å². The highest BCUT2D eigenvalue weighted by molar-refractivity contribution is 5.31. The molecule has 0 amide bonds.